The highest BCUT2D eigenvalue weighted by molar-refractivity contribution is 6.00. The summed E-state index contributed by atoms with van der Waals surface area (Å²) in [5.74, 6) is -0.824. The van der Waals surface area contributed by atoms with Crippen LogP contribution in [0.4, 0.5) is 5.69 Å². The van der Waals surface area contributed by atoms with Crippen LogP contribution in [0.3, 0.4) is 0 Å². The van der Waals surface area contributed by atoms with Crippen LogP contribution in [0.5, 0.6) is 0 Å². The van der Waals surface area contributed by atoms with Crippen molar-refractivity contribution >= 4 is 23.3 Å². The second-order valence-electron chi connectivity index (χ2n) is 5.47. The molecular weight excluding hydrogens is 282 g/mol. The zero-order valence-corrected chi connectivity index (χ0v) is 13.5. The van der Waals surface area contributed by atoms with Gasteiger partial charge in [-0.1, -0.05) is 20.8 Å². The standard InChI is InChI=1S/C17H23NO4/c1-5-6-15(19)22-12(4)16(20)13-7-9-14(10-8-13)18-17(21)11(2)3/h7-12H,5-6H2,1-4H3,(H,18,21). The number of carbonyl (C=O) groups is 3. The molecule has 0 bridgehead atoms. The minimum absolute atomic E-state index is 0.0825. The molecule has 0 aliphatic heterocycles. The van der Waals surface area contributed by atoms with E-state index in [4.69, 9.17) is 4.74 Å². The summed E-state index contributed by atoms with van der Waals surface area (Å²) in [4.78, 5) is 35.2. The van der Waals surface area contributed by atoms with Crippen molar-refractivity contribution < 1.29 is 19.1 Å². The van der Waals surface area contributed by atoms with Gasteiger partial charge in [0.25, 0.3) is 0 Å². The molecule has 1 rings (SSSR count). The van der Waals surface area contributed by atoms with E-state index < -0.39 is 6.10 Å². The van der Waals surface area contributed by atoms with Crippen LogP contribution >= 0.6 is 0 Å². The van der Waals surface area contributed by atoms with Crippen molar-refractivity contribution in [3.63, 3.8) is 0 Å². The molecule has 0 saturated heterocycles. The van der Waals surface area contributed by atoms with Crippen LogP contribution in [0.25, 0.3) is 0 Å². The summed E-state index contributed by atoms with van der Waals surface area (Å²) < 4.78 is 5.08. The van der Waals surface area contributed by atoms with E-state index >= 15 is 0 Å². The van der Waals surface area contributed by atoms with Gasteiger partial charge in [-0.25, -0.2) is 0 Å². The third-order valence-electron chi connectivity index (χ3n) is 3.09. The molecule has 5 nitrogen and oxygen atoms in total. The first kappa shape index (κ1) is 17.9. The first-order valence-electron chi connectivity index (χ1n) is 7.49. The molecule has 1 unspecified atom stereocenters. The Morgan fingerprint density at radius 1 is 1.09 bits per heavy atom. The van der Waals surface area contributed by atoms with Crippen LogP contribution in [0.1, 0.15) is 50.9 Å². The number of hydrogen-bond acceptors (Lipinski definition) is 4. The first-order valence-corrected chi connectivity index (χ1v) is 7.49. The van der Waals surface area contributed by atoms with Crippen molar-refractivity contribution in [3.05, 3.63) is 29.8 Å². The first-order chi connectivity index (χ1) is 10.3. The van der Waals surface area contributed by atoms with Gasteiger partial charge in [-0.3, -0.25) is 14.4 Å². The predicted octanol–water partition coefficient (Wildman–Crippen LogP) is 3.20. The molecular formula is C17H23NO4. The molecule has 1 atom stereocenters. The number of amides is 1. The minimum atomic E-state index is -0.810. The van der Waals surface area contributed by atoms with Crippen LogP contribution in [-0.4, -0.2) is 23.8 Å². The number of ether oxygens (including phenoxy) is 1. The third kappa shape index (κ3) is 5.31. The molecule has 0 fully saturated rings. The maximum Gasteiger partial charge on any atom is 0.306 e. The van der Waals surface area contributed by atoms with Crippen molar-refractivity contribution in [1.29, 1.82) is 0 Å². The van der Waals surface area contributed by atoms with Gasteiger partial charge in [0.1, 0.15) is 0 Å². The average Bonchev–Trinajstić information content (AvgIpc) is 2.47. The van der Waals surface area contributed by atoms with Gasteiger partial charge in [0, 0.05) is 23.6 Å². The smallest absolute Gasteiger partial charge is 0.306 e. The number of anilines is 1. The van der Waals surface area contributed by atoms with E-state index in [2.05, 4.69) is 5.32 Å². The molecule has 1 N–H and O–H groups in total. The Kier molecular flexibility index (Phi) is 6.76. The van der Waals surface area contributed by atoms with E-state index in [1.165, 1.54) is 0 Å². The van der Waals surface area contributed by atoms with Crippen molar-refractivity contribution in [2.24, 2.45) is 5.92 Å². The van der Waals surface area contributed by atoms with Crippen LogP contribution in [0, 0.1) is 5.92 Å². The Balaban J connectivity index is 2.67. The lowest BCUT2D eigenvalue weighted by Crippen LogP contribution is -2.24. The quantitative estimate of drug-likeness (QED) is 0.620. The van der Waals surface area contributed by atoms with Crippen LogP contribution < -0.4 is 5.32 Å². The second kappa shape index (κ2) is 8.32. The van der Waals surface area contributed by atoms with Gasteiger partial charge in [-0.15, -0.1) is 0 Å². The molecule has 22 heavy (non-hydrogen) atoms. The summed E-state index contributed by atoms with van der Waals surface area (Å²) in [5.41, 5.74) is 1.07. The van der Waals surface area contributed by atoms with Gasteiger partial charge in [-0.05, 0) is 37.6 Å². The zero-order chi connectivity index (χ0) is 16.7. The van der Waals surface area contributed by atoms with Crippen LogP contribution in [-0.2, 0) is 14.3 Å². The summed E-state index contributed by atoms with van der Waals surface area (Å²) in [6.45, 7) is 7.04. The number of rotatable bonds is 7. The van der Waals surface area contributed by atoms with Crippen molar-refractivity contribution in [1.82, 2.24) is 0 Å². The maximum absolute atomic E-state index is 12.2. The number of nitrogens with one attached hydrogen (secondary N) is 1. The van der Waals surface area contributed by atoms with Crippen LogP contribution in [0.15, 0.2) is 24.3 Å². The molecule has 1 aromatic rings. The number of carbonyl (C=O) groups excluding carboxylic acids is 3. The number of esters is 1. The molecule has 5 heteroatoms. The monoisotopic (exact) mass is 305 g/mol. The largest absolute Gasteiger partial charge is 0.454 e. The van der Waals surface area contributed by atoms with Gasteiger partial charge >= 0.3 is 5.97 Å². The lowest BCUT2D eigenvalue weighted by atomic mass is 10.1. The molecule has 0 aliphatic rings. The highest BCUT2D eigenvalue weighted by Crippen LogP contribution is 2.14. The van der Waals surface area contributed by atoms with Crippen LogP contribution in [0.2, 0.25) is 0 Å². The number of Topliss-reactive ketones (excluding diaryl/α,β-unsaturated/α-hetero) is 1. The van der Waals surface area contributed by atoms with Gasteiger partial charge in [0.15, 0.2) is 6.10 Å². The minimum Gasteiger partial charge on any atom is -0.454 e. The van der Waals surface area contributed by atoms with Gasteiger partial charge in [0.05, 0.1) is 0 Å². The predicted molar refractivity (Wildman–Crippen MR) is 84.7 cm³/mol. The van der Waals surface area contributed by atoms with Gasteiger partial charge in [0.2, 0.25) is 11.7 Å². The van der Waals surface area contributed by atoms with E-state index in [9.17, 15) is 14.4 Å². The van der Waals surface area contributed by atoms with Gasteiger partial charge < -0.3 is 10.1 Å². The second-order valence-corrected chi connectivity index (χ2v) is 5.47. The molecule has 120 valence electrons. The fourth-order valence-electron chi connectivity index (χ4n) is 1.75. The van der Waals surface area contributed by atoms with E-state index in [1.54, 1.807) is 45.0 Å². The number of hydrogen-bond donors (Lipinski definition) is 1. The van der Waals surface area contributed by atoms with E-state index in [0.717, 1.165) is 0 Å². The summed E-state index contributed by atoms with van der Waals surface area (Å²) in [7, 11) is 0. The van der Waals surface area contributed by atoms with Gasteiger partial charge in [-0.2, -0.15) is 0 Å². The number of benzene rings is 1. The Morgan fingerprint density at radius 3 is 2.18 bits per heavy atom. The molecule has 0 spiro atoms. The molecule has 0 aliphatic carbocycles. The van der Waals surface area contributed by atoms with E-state index in [1.807, 2.05) is 6.92 Å². The van der Waals surface area contributed by atoms with Crippen molar-refractivity contribution in [2.45, 2.75) is 46.6 Å². The Bertz CT molecular complexity index is 534. The summed E-state index contributed by atoms with van der Waals surface area (Å²) >= 11 is 0. The summed E-state index contributed by atoms with van der Waals surface area (Å²) in [5, 5.41) is 2.75. The maximum atomic E-state index is 12.2. The average molecular weight is 305 g/mol. The highest BCUT2D eigenvalue weighted by atomic mass is 16.5. The lowest BCUT2D eigenvalue weighted by Gasteiger charge is -2.13. The Morgan fingerprint density at radius 2 is 1.68 bits per heavy atom. The van der Waals surface area contributed by atoms with Crippen molar-refractivity contribution in [3.8, 4) is 0 Å². The number of ketones is 1. The molecule has 0 aromatic heterocycles. The molecule has 1 amide bonds. The molecule has 1 aromatic carbocycles. The fourth-order valence-corrected chi connectivity index (χ4v) is 1.75. The highest BCUT2D eigenvalue weighted by Gasteiger charge is 2.19. The molecule has 0 heterocycles. The summed E-state index contributed by atoms with van der Waals surface area (Å²) in [6, 6.07) is 6.55. The third-order valence-corrected chi connectivity index (χ3v) is 3.09. The summed E-state index contributed by atoms with van der Waals surface area (Å²) in [6.07, 6.45) is 0.178. The van der Waals surface area contributed by atoms with E-state index in [-0.39, 0.29) is 23.6 Å². The fraction of sp³-hybridized carbons (Fsp3) is 0.471. The van der Waals surface area contributed by atoms with Crippen molar-refractivity contribution in [2.75, 3.05) is 5.32 Å². The zero-order valence-electron chi connectivity index (χ0n) is 13.5. The van der Waals surface area contributed by atoms with E-state index in [0.29, 0.717) is 24.1 Å². The lowest BCUT2D eigenvalue weighted by molar-refractivity contribution is -0.146. The molecule has 0 radical (unpaired) electrons. The Labute approximate surface area is 131 Å². The molecule has 0 saturated carbocycles. The normalized spacial score (nSPS) is 11.9. The SMILES string of the molecule is CCCC(=O)OC(C)C(=O)c1ccc(NC(=O)C(C)C)cc1. The topological polar surface area (TPSA) is 72.5 Å². The Hall–Kier alpha value is -2.17.